The summed E-state index contributed by atoms with van der Waals surface area (Å²) in [5.41, 5.74) is 0. The van der Waals surface area contributed by atoms with Crippen molar-refractivity contribution in [2.24, 2.45) is 22.7 Å². The van der Waals surface area contributed by atoms with Crippen LogP contribution >= 0.6 is 0 Å². The number of hydrogen-bond acceptors (Lipinski definition) is 3. The number of aliphatic hydroxyl groups excluding tert-OH is 1. The predicted molar refractivity (Wildman–Crippen MR) is 113 cm³/mol. The molecule has 1 atom stereocenters. The highest BCUT2D eigenvalue weighted by molar-refractivity contribution is 5.80. The zero-order valence-corrected chi connectivity index (χ0v) is 18.0. The van der Waals surface area contributed by atoms with Crippen LogP contribution in [0, 0.1) is 17.8 Å². The van der Waals surface area contributed by atoms with Crippen molar-refractivity contribution in [3.05, 3.63) is 0 Å². The molecule has 2 rings (SSSR count). The molecule has 2 fully saturated rings. The van der Waals surface area contributed by atoms with Gasteiger partial charge in [0, 0.05) is 39.4 Å². The normalized spacial score (nSPS) is 21.2. The number of aliphatic imine (C=N–C) groups is 1. The lowest BCUT2D eigenvalue weighted by atomic mass is 9.94. The molecule has 1 aliphatic carbocycles. The van der Waals surface area contributed by atoms with Crippen molar-refractivity contribution in [3.8, 4) is 0 Å². The van der Waals surface area contributed by atoms with Gasteiger partial charge in [0.05, 0.1) is 6.10 Å². The fourth-order valence-electron chi connectivity index (χ4n) is 4.46. The Morgan fingerprint density at radius 3 is 2.48 bits per heavy atom. The minimum Gasteiger partial charge on any atom is -0.396 e. The minimum absolute atomic E-state index is 0.257. The molecule has 158 valence electrons. The number of piperidine rings is 1. The standard InChI is InChI=1S/C22H43N3O2/c1-4-23-22(24-16-20(11-14-26)15-18(2)3)25-12-9-21(10-13-25)27-17-19-7-5-6-8-19/h18-21,26H,4-17H2,1-3H3,(H,23,24). The average molecular weight is 382 g/mol. The molecule has 5 heteroatoms. The lowest BCUT2D eigenvalue weighted by Crippen LogP contribution is -2.47. The molecule has 0 aromatic rings. The van der Waals surface area contributed by atoms with Gasteiger partial charge in [-0.05, 0) is 63.2 Å². The number of hydrogen-bond donors (Lipinski definition) is 2. The zero-order chi connectivity index (χ0) is 19.5. The van der Waals surface area contributed by atoms with Crippen molar-refractivity contribution < 1.29 is 9.84 Å². The molecule has 5 nitrogen and oxygen atoms in total. The molecule has 1 aliphatic heterocycles. The van der Waals surface area contributed by atoms with Crippen LogP contribution in [0.1, 0.15) is 72.1 Å². The molecule has 0 radical (unpaired) electrons. The van der Waals surface area contributed by atoms with Crippen molar-refractivity contribution >= 4 is 5.96 Å². The van der Waals surface area contributed by atoms with Gasteiger partial charge in [0.15, 0.2) is 5.96 Å². The number of aliphatic hydroxyl groups is 1. The highest BCUT2D eigenvalue weighted by atomic mass is 16.5. The minimum atomic E-state index is 0.257. The number of rotatable bonds is 10. The molecule has 27 heavy (non-hydrogen) atoms. The Kier molecular flexibility index (Phi) is 10.5. The van der Waals surface area contributed by atoms with E-state index in [0.29, 0.717) is 17.9 Å². The third kappa shape index (κ3) is 8.39. The van der Waals surface area contributed by atoms with Gasteiger partial charge < -0.3 is 20.1 Å². The summed E-state index contributed by atoms with van der Waals surface area (Å²) in [6, 6.07) is 0. The Hall–Kier alpha value is -0.810. The van der Waals surface area contributed by atoms with E-state index in [1.54, 1.807) is 0 Å². The van der Waals surface area contributed by atoms with Crippen LogP contribution < -0.4 is 5.32 Å². The van der Waals surface area contributed by atoms with E-state index in [9.17, 15) is 5.11 Å². The van der Waals surface area contributed by atoms with Gasteiger partial charge in [-0.3, -0.25) is 4.99 Å². The molecule has 0 aromatic heterocycles. The first-order chi connectivity index (χ1) is 13.1. The summed E-state index contributed by atoms with van der Waals surface area (Å²) in [4.78, 5) is 7.32. The predicted octanol–water partition coefficient (Wildman–Crippen LogP) is 3.67. The first-order valence-electron chi connectivity index (χ1n) is 11.4. The van der Waals surface area contributed by atoms with Gasteiger partial charge in [-0.15, -0.1) is 0 Å². The second kappa shape index (κ2) is 12.6. The molecule has 0 spiro atoms. The van der Waals surface area contributed by atoms with Gasteiger partial charge in [-0.1, -0.05) is 26.7 Å². The van der Waals surface area contributed by atoms with Crippen molar-refractivity contribution in [1.82, 2.24) is 10.2 Å². The Morgan fingerprint density at radius 2 is 1.89 bits per heavy atom. The third-order valence-corrected chi connectivity index (χ3v) is 5.96. The van der Waals surface area contributed by atoms with Gasteiger partial charge in [0.25, 0.3) is 0 Å². The van der Waals surface area contributed by atoms with Gasteiger partial charge in [-0.25, -0.2) is 0 Å². The van der Waals surface area contributed by atoms with Crippen LogP contribution in [-0.2, 0) is 4.74 Å². The van der Waals surface area contributed by atoms with Gasteiger partial charge >= 0.3 is 0 Å². The number of nitrogens with zero attached hydrogens (tertiary/aromatic N) is 2. The second-order valence-electron chi connectivity index (χ2n) is 8.87. The molecule has 0 aromatic carbocycles. The van der Waals surface area contributed by atoms with Crippen LogP contribution in [0.4, 0.5) is 0 Å². The van der Waals surface area contributed by atoms with Crippen molar-refractivity contribution in [1.29, 1.82) is 0 Å². The highest BCUT2D eigenvalue weighted by Crippen LogP contribution is 2.26. The van der Waals surface area contributed by atoms with E-state index in [4.69, 9.17) is 9.73 Å². The van der Waals surface area contributed by atoms with E-state index in [0.717, 1.165) is 70.3 Å². The summed E-state index contributed by atoms with van der Waals surface area (Å²) in [5.74, 6) is 2.97. The number of ether oxygens (including phenoxy) is 1. The highest BCUT2D eigenvalue weighted by Gasteiger charge is 2.24. The van der Waals surface area contributed by atoms with E-state index in [-0.39, 0.29) is 6.61 Å². The van der Waals surface area contributed by atoms with E-state index < -0.39 is 0 Å². The molecule has 2 aliphatic rings. The number of nitrogens with one attached hydrogen (secondary N) is 1. The van der Waals surface area contributed by atoms with Crippen molar-refractivity contribution in [3.63, 3.8) is 0 Å². The number of guanidine groups is 1. The second-order valence-corrected chi connectivity index (χ2v) is 8.87. The molecule has 2 N–H and O–H groups in total. The summed E-state index contributed by atoms with van der Waals surface area (Å²) >= 11 is 0. The van der Waals surface area contributed by atoms with Crippen molar-refractivity contribution in [2.45, 2.75) is 78.2 Å². The van der Waals surface area contributed by atoms with E-state index in [1.165, 1.54) is 25.7 Å². The summed E-state index contributed by atoms with van der Waals surface area (Å²) in [5, 5.41) is 12.8. The third-order valence-electron chi connectivity index (χ3n) is 5.96. The summed E-state index contributed by atoms with van der Waals surface area (Å²) in [6.45, 7) is 11.6. The van der Waals surface area contributed by atoms with Crippen LogP contribution in [0.5, 0.6) is 0 Å². The molecule has 1 saturated carbocycles. The van der Waals surface area contributed by atoms with E-state index in [2.05, 4.69) is 31.0 Å². The topological polar surface area (TPSA) is 57.1 Å². The molecule has 1 heterocycles. The van der Waals surface area contributed by atoms with Crippen LogP contribution in [0.25, 0.3) is 0 Å². The molecular weight excluding hydrogens is 338 g/mol. The summed E-state index contributed by atoms with van der Waals surface area (Å²) in [7, 11) is 0. The van der Waals surface area contributed by atoms with Crippen LogP contribution in [0.3, 0.4) is 0 Å². The quantitative estimate of drug-likeness (QED) is 0.448. The molecule has 0 amide bonds. The van der Waals surface area contributed by atoms with Gasteiger partial charge in [-0.2, -0.15) is 0 Å². The maximum atomic E-state index is 9.34. The Labute approximate surface area is 167 Å². The first kappa shape index (κ1) is 22.5. The maximum absolute atomic E-state index is 9.34. The van der Waals surface area contributed by atoms with Crippen LogP contribution in [0.2, 0.25) is 0 Å². The zero-order valence-electron chi connectivity index (χ0n) is 18.0. The maximum Gasteiger partial charge on any atom is 0.193 e. The van der Waals surface area contributed by atoms with E-state index in [1.807, 2.05) is 0 Å². The molecular formula is C22H43N3O2. The average Bonchev–Trinajstić information content (AvgIpc) is 3.17. The Bertz CT molecular complexity index is 414. The summed E-state index contributed by atoms with van der Waals surface area (Å²) in [6.07, 6.45) is 10.1. The number of likely N-dealkylation sites (tertiary alicyclic amines) is 1. The van der Waals surface area contributed by atoms with Crippen molar-refractivity contribution in [2.75, 3.05) is 39.4 Å². The van der Waals surface area contributed by atoms with Crippen LogP contribution in [0.15, 0.2) is 4.99 Å². The molecule has 0 bridgehead atoms. The lowest BCUT2D eigenvalue weighted by molar-refractivity contribution is 0.001000. The first-order valence-corrected chi connectivity index (χ1v) is 11.4. The van der Waals surface area contributed by atoms with Gasteiger partial charge in [0.1, 0.15) is 0 Å². The molecule has 1 unspecified atom stereocenters. The van der Waals surface area contributed by atoms with Crippen LogP contribution in [-0.4, -0.2) is 61.5 Å². The lowest BCUT2D eigenvalue weighted by Gasteiger charge is -2.34. The van der Waals surface area contributed by atoms with E-state index >= 15 is 0 Å². The SMILES string of the molecule is CCNC(=NCC(CCO)CC(C)C)N1CCC(OCC2CCCC2)CC1. The smallest absolute Gasteiger partial charge is 0.193 e. The monoisotopic (exact) mass is 381 g/mol. The fourth-order valence-corrected chi connectivity index (χ4v) is 4.46. The fraction of sp³-hybridized carbons (Fsp3) is 0.955. The largest absolute Gasteiger partial charge is 0.396 e. The Balaban J connectivity index is 1.79. The molecule has 1 saturated heterocycles. The van der Waals surface area contributed by atoms with Gasteiger partial charge in [0.2, 0.25) is 0 Å². The summed E-state index contributed by atoms with van der Waals surface area (Å²) < 4.78 is 6.21. The Morgan fingerprint density at radius 1 is 1.19 bits per heavy atom.